The lowest BCUT2D eigenvalue weighted by Crippen LogP contribution is -2.05. The number of benzene rings is 2. The van der Waals surface area contributed by atoms with Crippen molar-refractivity contribution >= 4 is 38.4 Å². The van der Waals surface area contributed by atoms with E-state index in [2.05, 4.69) is 20.9 Å². The van der Waals surface area contributed by atoms with Crippen molar-refractivity contribution in [3.8, 4) is 11.3 Å². The zero-order chi connectivity index (χ0) is 18.9. The Labute approximate surface area is 162 Å². The van der Waals surface area contributed by atoms with Gasteiger partial charge in [-0.25, -0.2) is 0 Å². The molecule has 0 spiro atoms. The molecule has 26 heavy (non-hydrogen) atoms. The summed E-state index contributed by atoms with van der Waals surface area (Å²) in [5, 5.41) is 1.25. The van der Waals surface area contributed by atoms with Crippen LogP contribution in [-0.4, -0.2) is 11.5 Å². The monoisotopic (exact) mass is 444 g/mol. The summed E-state index contributed by atoms with van der Waals surface area (Å²) in [6, 6.07) is 9.16. The fourth-order valence-electron chi connectivity index (χ4n) is 3.05. The maximum atomic E-state index is 13.1. The summed E-state index contributed by atoms with van der Waals surface area (Å²) in [6.45, 7) is 0.575. The zero-order valence-corrected chi connectivity index (χ0v) is 16.1. The summed E-state index contributed by atoms with van der Waals surface area (Å²) in [5.41, 5.74) is 7.67. The van der Waals surface area contributed by atoms with Crippen LogP contribution in [0.3, 0.4) is 0 Å². The summed E-state index contributed by atoms with van der Waals surface area (Å²) in [7, 11) is 0. The van der Waals surface area contributed by atoms with Gasteiger partial charge in [0.25, 0.3) is 0 Å². The van der Waals surface area contributed by atoms with Crippen LogP contribution < -0.4 is 5.73 Å². The maximum Gasteiger partial charge on any atom is 0.416 e. The average Bonchev–Trinajstić information content (AvgIpc) is 2.92. The number of hydrogen-bond acceptors (Lipinski definition) is 1. The van der Waals surface area contributed by atoms with Gasteiger partial charge in [-0.1, -0.05) is 27.5 Å². The van der Waals surface area contributed by atoms with Crippen LogP contribution in [0, 0.1) is 0 Å². The van der Waals surface area contributed by atoms with Gasteiger partial charge in [0.1, 0.15) is 0 Å². The smallest absolute Gasteiger partial charge is 0.354 e. The first-order chi connectivity index (χ1) is 12.3. The Kier molecular flexibility index (Phi) is 5.65. The highest BCUT2D eigenvalue weighted by Crippen LogP contribution is 2.39. The Morgan fingerprint density at radius 3 is 2.54 bits per heavy atom. The van der Waals surface area contributed by atoms with Crippen LogP contribution in [0.4, 0.5) is 13.2 Å². The third-order valence-corrected chi connectivity index (χ3v) is 5.13. The molecule has 0 aliphatic heterocycles. The molecule has 0 bridgehead atoms. The van der Waals surface area contributed by atoms with E-state index in [1.807, 2.05) is 18.2 Å². The Morgan fingerprint density at radius 2 is 1.85 bits per heavy atom. The molecule has 3 aromatic rings. The fourth-order valence-corrected chi connectivity index (χ4v) is 3.62. The number of nitrogens with one attached hydrogen (secondary N) is 1. The van der Waals surface area contributed by atoms with Crippen LogP contribution in [0.2, 0.25) is 5.02 Å². The van der Waals surface area contributed by atoms with Gasteiger partial charge in [0.15, 0.2) is 0 Å². The maximum absolute atomic E-state index is 13.1. The minimum atomic E-state index is -4.42. The number of nitrogens with two attached hydrogens (primary N) is 1. The number of aromatic nitrogens is 1. The lowest BCUT2D eigenvalue weighted by atomic mass is 9.99. The zero-order valence-electron chi connectivity index (χ0n) is 13.8. The van der Waals surface area contributed by atoms with Crippen molar-refractivity contribution in [2.75, 3.05) is 6.54 Å². The number of aromatic amines is 1. The van der Waals surface area contributed by atoms with Crippen LogP contribution in [0.15, 0.2) is 40.9 Å². The lowest BCUT2D eigenvalue weighted by molar-refractivity contribution is -0.137. The second-order valence-corrected chi connectivity index (χ2v) is 7.43. The van der Waals surface area contributed by atoms with E-state index in [9.17, 15) is 13.2 Å². The second-order valence-electron chi connectivity index (χ2n) is 6.11. The average molecular weight is 446 g/mol. The molecule has 2 aromatic carbocycles. The van der Waals surface area contributed by atoms with Gasteiger partial charge in [0, 0.05) is 26.0 Å². The standard InChI is InChI=1S/C19H17BrClF3N2/c20-12-5-7-17-14(10-12)13(3-1-2-8-25)18(26-17)15-9-11(19(22,23)24)4-6-16(15)21/h4-7,9-10,26H,1-3,8,25H2. The molecule has 0 amide bonds. The molecule has 0 aliphatic carbocycles. The molecule has 0 atom stereocenters. The van der Waals surface area contributed by atoms with Crippen LogP contribution >= 0.6 is 27.5 Å². The van der Waals surface area contributed by atoms with Crippen LogP contribution in [-0.2, 0) is 12.6 Å². The van der Waals surface area contributed by atoms with Crippen LogP contribution in [0.5, 0.6) is 0 Å². The van der Waals surface area contributed by atoms with E-state index >= 15 is 0 Å². The number of fused-ring (bicyclic) bond motifs is 1. The van der Waals surface area contributed by atoms with Crippen molar-refractivity contribution in [1.29, 1.82) is 0 Å². The molecule has 0 saturated heterocycles. The summed E-state index contributed by atoms with van der Waals surface area (Å²) in [5.74, 6) is 0. The minimum absolute atomic E-state index is 0.281. The Hall–Kier alpha value is -1.50. The van der Waals surface area contributed by atoms with Crippen LogP contribution in [0.25, 0.3) is 22.2 Å². The van der Waals surface area contributed by atoms with E-state index in [1.54, 1.807) is 0 Å². The second kappa shape index (κ2) is 7.62. The number of alkyl halides is 3. The first kappa shape index (κ1) is 19.3. The van der Waals surface area contributed by atoms with Gasteiger partial charge in [-0.15, -0.1) is 0 Å². The van der Waals surface area contributed by atoms with Crippen LogP contribution in [0.1, 0.15) is 24.0 Å². The Morgan fingerprint density at radius 1 is 1.08 bits per heavy atom. The van der Waals surface area contributed by atoms with Gasteiger partial charge in [-0.2, -0.15) is 13.2 Å². The first-order valence-corrected chi connectivity index (χ1v) is 9.35. The van der Waals surface area contributed by atoms with Gasteiger partial charge < -0.3 is 10.7 Å². The predicted molar refractivity (Wildman–Crippen MR) is 103 cm³/mol. The molecular formula is C19H17BrClF3N2. The van der Waals surface area contributed by atoms with Gasteiger partial charge in [0.2, 0.25) is 0 Å². The van der Waals surface area contributed by atoms with Crippen molar-refractivity contribution < 1.29 is 13.2 Å². The highest BCUT2D eigenvalue weighted by Gasteiger charge is 2.31. The Bertz CT molecular complexity index is 934. The topological polar surface area (TPSA) is 41.8 Å². The van der Waals surface area contributed by atoms with Crippen molar-refractivity contribution in [1.82, 2.24) is 4.98 Å². The van der Waals surface area contributed by atoms with Crippen molar-refractivity contribution in [3.63, 3.8) is 0 Å². The van der Waals surface area contributed by atoms with Gasteiger partial charge in [-0.3, -0.25) is 0 Å². The molecule has 0 saturated carbocycles. The number of hydrogen-bond donors (Lipinski definition) is 2. The van der Waals surface area contributed by atoms with Crippen molar-refractivity contribution in [2.24, 2.45) is 5.73 Å². The third-order valence-electron chi connectivity index (χ3n) is 4.31. The van der Waals surface area contributed by atoms with Crippen molar-refractivity contribution in [3.05, 3.63) is 57.0 Å². The minimum Gasteiger partial charge on any atom is -0.354 e. The number of aryl methyl sites for hydroxylation is 1. The highest BCUT2D eigenvalue weighted by atomic mass is 79.9. The van der Waals surface area contributed by atoms with Gasteiger partial charge >= 0.3 is 6.18 Å². The van der Waals surface area contributed by atoms with Gasteiger partial charge in [-0.05, 0) is 67.8 Å². The molecule has 138 valence electrons. The highest BCUT2D eigenvalue weighted by molar-refractivity contribution is 9.10. The Balaban J connectivity index is 2.19. The number of H-pyrrole nitrogens is 1. The first-order valence-electron chi connectivity index (χ1n) is 8.18. The summed E-state index contributed by atoms with van der Waals surface area (Å²) < 4.78 is 40.4. The summed E-state index contributed by atoms with van der Waals surface area (Å²) in [4.78, 5) is 3.25. The molecule has 0 radical (unpaired) electrons. The molecule has 0 aliphatic rings. The number of unbranched alkanes of at least 4 members (excludes halogenated alkanes) is 1. The molecule has 1 aromatic heterocycles. The molecule has 3 N–H and O–H groups in total. The third kappa shape index (κ3) is 3.92. The molecule has 1 heterocycles. The van der Waals surface area contributed by atoms with E-state index in [0.29, 0.717) is 24.2 Å². The lowest BCUT2D eigenvalue weighted by Gasteiger charge is -2.11. The molecular weight excluding hydrogens is 429 g/mol. The van der Waals surface area contributed by atoms with E-state index in [0.717, 1.165) is 45.9 Å². The normalized spacial score (nSPS) is 12.1. The van der Waals surface area contributed by atoms with Crippen molar-refractivity contribution in [2.45, 2.75) is 25.4 Å². The summed E-state index contributed by atoms with van der Waals surface area (Å²) >= 11 is 9.71. The quantitative estimate of drug-likeness (QED) is 0.430. The summed E-state index contributed by atoms with van der Waals surface area (Å²) in [6.07, 6.45) is -2.03. The number of rotatable bonds is 5. The fraction of sp³-hybridized carbons (Fsp3) is 0.263. The molecule has 3 rings (SSSR count). The van der Waals surface area contributed by atoms with E-state index in [1.165, 1.54) is 6.07 Å². The van der Waals surface area contributed by atoms with Gasteiger partial charge in [0.05, 0.1) is 11.3 Å². The number of halogens is 5. The SMILES string of the molecule is NCCCCc1c(-c2cc(C(F)(F)F)ccc2Cl)[nH]c2ccc(Br)cc12. The van der Waals surface area contributed by atoms with E-state index < -0.39 is 11.7 Å². The predicted octanol–water partition coefficient (Wildman–Crippen LogP) is 6.55. The molecule has 7 heteroatoms. The molecule has 2 nitrogen and oxygen atoms in total. The largest absolute Gasteiger partial charge is 0.416 e. The van der Waals surface area contributed by atoms with E-state index in [-0.39, 0.29) is 5.02 Å². The van der Waals surface area contributed by atoms with E-state index in [4.69, 9.17) is 17.3 Å². The molecule has 0 fully saturated rings. The molecule has 0 unspecified atom stereocenters.